The third kappa shape index (κ3) is 3.21. The molecule has 0 heterocycles. The second-order valence-corrected chi connectivity index (χ2v) is 3.76. The summed E-state index contributed by atoms with van der Waals surface area (Å²) < 4.78 is 0. The van der Waals surface area contributed by atoms with Crippen molar-refractivity contribution in [3.05, 3.63) is 39.8 Å². The first-order chi connectivity index (χ1) is 8.47. The van der Waals surface area contributed by atoms with Gasteiger partial charge >= 0.3 is 0 Å². The lowest BCUT2D eigenvalue weighted by Crippen LogP contribution is -2.21. The summed E-state index contributed by atoms with van der Waals surface area (Å²) in [6.07, 6.45) is -2.58. The highest BCUT2D eigenvalue weighted by atomic mass is 16.3. The van der Waals surface area contributed by atoms with E-state index in [1.807, 2.05) is 0 Å². The average molecular weight is 251 g/mol. The molecule has 7 heteroatoms. The summed E-state index contributed by atoms with van der Waals surface area (Å²) in [5, 5.41) is 32.0. The summed E-state index contributed by atoms with van der Waals surface area (Å²) >= 11 is 0. The average Bonchev–Trinajstić information content (AvgIpc) is 2.34. The number of Topliss-reactive ketones (excluding diaryl/α,β-unsaturated/α-hetero) is 1. The molecule has 0 saturated carbocycles. The Morgan fingerprint density at radius 2 is 2.17 bits per heavy atom. The second-order valence-electron chi connectivity index (χ2n) is 3.76. The predicted octanol–water partition coefficient (Wildman–Crippen LogP) is 1.30. The summed E-state index contributed by atoms with van der Waals surface area (Å²) in [7, 11) is 0. The molecule has 0 radical (unpaired) electrons. The van der Waals surface area contributed by atoms with Crippen LogP contribution < -0.4 is 0 Å². The molecule has 2 atom stereocenters. The Morgan fingerprint density at radius 1 is 1.50 bits per heavy atom. The van der Waals surface area contributed by atoms with Crippen LogP contribution in [0.15, 0.2) is 23.3 Å². The van der Waals surface area contributed by atoms with E-state index in [0.29, 0.717) is 0 Å². The number of aromatic hydroxyl groups is 1. The van der Waals surface area contributed by atoms with Gasteiger partial charge in [-0.25, -0.2) is 0 Å². The standard InChI is InChI=1S/C11H13N3O4/c1-6(15)8-3-2-7(4-9(8)16)11(18)10(17)5-13-14-12/h2-4,10-11,16-18H,5H2,1H3. The fourth-order valence-electron chi connectivity index (χ4n) is 1.47. The third-order valence-electron chi connectivity index (χ3n) is 2.44. The largest absolute Gasteiger partial charge is 0.507 e. The molecule has 0 bridgehead atoms. The first-order valence-corrected chi connectivity index (χ1v) is 5.18. The molecule has 0 aliphatic carbocycles. The number of hydrogen-bond acceptors (Lipinski definition) is 5. The Labute approximate surface area is 103 Å². The number of carbonyl (C=O) groups excluding carboxylic acids is 1. The van der Waals surface area contributed by atoms with Crippen molar-refractivity contribution in [3.63, 3.8) is 0 Å². The van der Waals surface area contributed by atoms with Gasteiger partial charge in [-0.15, -0.1) is 0 Å². The number of carbonyl (C=O) groups is 1. The SMILES string of the molecule is CC(=O)c1ccc(C(O)C(O)CN=[N+]=[N-])cc1O. The van der Waals surface area contributed by atoms with E-state index in [1.165, 1.54) is 25.1 Å². The number of phenols is 1. The Bertz CT molecular complexity index is 497. The minimum atomic E-state index is -1.30. The van der Waals surface area contributed by atoms with Gasteiger partial charge in [0.15, 0.2) is 5.78 Å². The zero-order valence-electron chi connectivity index (χ0n) is 9.69. The first kappa shape index (κ1) is 14.0. The van der Waals surface area contributed by atoms with E-state index in [4.69, 9.17) is 5.53 Å². The number of nitrogens with zero attached hydrogens (tertiary/aromatic N) is 3. The number of ketones is 1. The van der Waals surface area contributed by atoms with Crippen LogP contribution in [0.3, 0.4) is 0 Å². The molecule has 0 saturated heterocycles. The molecule has 7 nitrogen and oxygen atoms in total. The molecule has 1 rings (SSSR count). The van der Waals surface area contributed by atoms with Gasteiger partial charge in [0, 0.05) is 4.91 Å². The van der Waals surface area contributed by atoms with Gasteiger partial charge in [0.05, 0.1) is 18.2 Å². The van der Waals surface area contributed by atoms with Crippen molar-refractivity contribution in [2.45, 2.75) is 19.1 Å². The molecule has 2 unspecified atom stereocenters. The molecule has 96 valence electrons. The molecule has 0 aromatic heterocycles. The summed E-state index contributed by atoms with van der Waals surface area (Å²) in [6, 6.07) is 3.97. The molecule has 0 aliphatic rings. The van der Waals surface area contributed by atoms with Gasteiger partial charge in [-0.1, -0.05) is 11.2 Å². The van der Waals surface area contributed by atoms with E-state index in [-0.39, 0.29) is 29.2 Å². The zero-order chi connectivity index (χ0) is 13.7. The summed E-state index contributed by atoms with van der Waals surface area (Å²) in [5.74, 6) is -0.571. The molecular formula is C11H13N3O4. The zero-order valence-corrected chi connectivity index (χ0v) is 9.69. The van der Waals surface area contributed by atoms with Crippen LogP contribution in [0.1, 0.15) is 28.9 Å². The number of rotatable bonds is 5. The van der Waals surface area contributed by atoms with E-state index < -0.39 is 12.2 Å². The van der Waals surface area contributed by atoms with Gasteiger partial charge in [0.25, 0.3) is 0 Å². The van der Waals surface area contributed by atoms with Crippen molar-refractivity contribution in [2.24, 2.45) is 5.11 Å². The van der Waals surface area contributed by atoms with Crippen LogP contribution in [0, 0.1) is 0 Å². The smallest absolute Gasteiger partial charge is 0.163 e. The molecule has 0 aliphatic heterocycles. The molecule has 18 heavy (non-hydrogen) atoms. The quantitative estimate of drug-likeness (QED) is 0.315. The van der Waals surface area contributed by atoms with Crippen molar-refractivity contribution >= 4 is 5.78 Å². The van der Waals surface area contributed by atoms with Crippen molar-refractivity contribution in [1.82, 2.24) is 0 Å². The predicted molar refractivity (Wildman–Crippen MR) is 63.1 cm³/mol. The first-order valence-electron chi connectivity index (χ1n) is 5.18. The number of hydrogen-bond donors (Lipinski definition) is 3. The van der Waals surface area contributed by atoms with E-state index in [1.54, 1.807) is 0 Å². The Kier molecular flexibility index (Phi) is 4.67. The maximum absolute atomic E-state index is 11.1. The Hall–Kier alpha value is -2.08. The number of aliphatic hydroxyl groups excluding tert-OH is 2. The van der Waals surface area contributed by atoms with Crippen LogP contribution in [0.25, 0.3) is 10.4 Å². The molecule has 1 aromatic carbocycles. The van der Waals surface area contributed by atoms with E-state index in [2.05, 4.69) is 10.0 Å². The number of azide groups is 1. The number of phenolic OH excluding ortho intramolecular Hbond substituents is 1. The third-order valence-corrected chi connectivity index (χ3v) is 2.44. The van der Waals surface area contributed by atoms with Gasteiger partial charge in [-0.05, 0) is 30.2 Å². The molecule has 1 aromatic rings. The fourth-order valence-corrected chi connectivity index (χ4v) is 1.47. The van der Waals surface area contributed by atoms with Crippen LogP contribution in [-0.4, -0.2) is 33.8 Å². The van der Waals surface area contributed by atoms with Crippen LogP contribution in [-0.2, 0) is 0 Å². The van der Waals surface area contributed by atoms with Crippen molar-refractivity contribution in [2.75, 3.05) is 6.54 Å². The van der Waals surface area contributed by atoms with Crippen LogP contribution >= 0.6 is 0 Å². The Morgan fingerprint density at radius 3 is 2.67 bits per heavy atom. The van der Waals surface area contributed by atoms with Gasteiger partial charge in [0.2, 0.25) is 0 Å². The van der Waals surface area contributed by atoms with Crippen molar-refractivity contribution in [3.8, 4) is 5.75 Å². The molecular weight excluding hydrogens is 238 g/mol. The normalized spacial score (nSPS) is 13.5. The topological polar surface area (TPSA) is 127 Å². The minimum Gasteiger partial charge on any atom is -0.507 e. The number of aliphatic hydroxyl groups is 2. The highest BCUT2D eigenvalue weighted by Crippen LogP contribution is 2.25. The highest BCUT2D eigenvalue weighted by molar-refractivity contribution is 5.96. The van der Waals surface area contributed by atoms with Gasteiger partial charge in [0.1, 0.15) is 11.9 Å². The summed E-state index contributed by atoms with van der Waals surface area (Å²) in [6.45, 7) is 1.02. The lowest BCUT2D eigenvalue weighted by Gasteiger charge is -2.16. The molecule has 3 N–H and O–H groups in total. The number of benzene rings is 1. The maximum atomic E-state index is 11.1. The highest BCUT2D eigenvalue weighted by Gasteiger charge is 2.19. The molecule has 0 amide bonds. The summed E-state index contributed by atoms with van der Waals surface area (Å²) in [4.78, 5) is 13.6. The fraction of sp³-hybridized carbons (Fsp3) is 0.364. The molecule has 0 spiro atoms. The lowest BCUT2D eigenvalue weighted by molar-refractivity contribution is 0.0243. The van der Waals surface area contributed by atoms with E-state index in [9.17, 15) is 20.1 Å². The molecule has 0 fully saturated rings. The van der Waals surface area contributed by atoms with E-state index in [0.717, 1.165) is 0 Å². The van der Waals surface area contributed by atoms with Crippen molar-refractivity contribution in [1.29, 1.82) is 0 Å². The Balaban J connectivity index is 2.93. The maximum Gasteiger partial charge on any atom is 0.163 e. The van der Waals surface area contributed by atoms with Gasteiger partial charge < -0.3 is 15.3 Å². The van der Waals surface area contributed by atoms with Crippen LogP contribution in [0.4, 0.5) is 0 Å². The lowest BCUT2D eigenvalue weighted by atomic mass is 10.0. The summed E-state index contributed by atoms with van der Waals surface area (Å²) in [5.41, 5.74) is 8.47. The van der Waals surface area contributed by atoms with Crippen LogP contribution in [0.5, 0.6) is 5.75 Å². The van der Waals surface area contributed by atoms with E-state index >= 15 is 0 Å². The van der Waals surface area contributed by atoms with Crippen molar-refractivity contribution < 1.29 is 20.1 Å². The second kappa shape index (κ2) is 6.02. The van der Waals surface area contributed by atoms with Gasteiger partial charge in [-0.2, -0.15) is 0 Å². The van der Waals surface area contributed by atoms with Gasteiger partial charge in [-0.3, -0.25) is 4.79 Å². The van der Waals surface area contributed by atoms with Crippen LogP contribution in [0.2, 0.25) is 0 Å². The minimum absolute atomic E-state index is 0.135. The monoisotopic (exact) mass is 251 g/mol.